The van der Waals surface area contributed by atoms with Crippen molar-refractivity contribution in [3.63, 3.8) is 0 Å². The third-order valence-electron chi connectivity index (χ3n) is 4.47. The van der Waals surface area contributed by atoms with Gasteiger partial charge in [-0.1, -0.05) is 13.8 Å². The number of likely N-dealkylation sites (tertiary alicyclic amines) is 1. The Morgan fingerprint density at radius 2 is 1.77 bits per heavy atom. The molecular formula is C11H22N2. The van der Waals surface area contributed by atoms with Crippen LogP contribution in [0.3, 0.4) is 0 Å². The van der Waals surface area contributed by atoms with Crippen molar-refractivity contribution in [3.05, 3.63) is 0 Å². The van der Waals surface area contributed by atoms with Gasteiger partial charge in [-0.05, 0) is 44.2 Å². The first-order chi connectivity index (χ1) is 6.12. The molecule has 0 aromatic rings. The van der Waals surface area contributed by atoms with Crippen molar-refractivity contribution in [2.24, 2.45) is 11.1 Å². The molecule has 2 aliphatic rings. The second-order valence-electron chi connectivity index (χ2n) is 5.31. The lowest BCUT2D eigenvalue weighted by Crippen LogP contribution is -2.67. The van der Waals surface area contributed by atoms with Crippen molar-refractivity contribution in [1.29, 1.82) is 0 Å². The predicted molar refractivity (Wildman–Crippen MR) is 55.6 cm³/mol. The molecule has 2 fully saturated rings. The summed E-state index contributed by atoms with van der Waals surface area (Å²) < 4.78 is 0. The Kier molecular flexibility index (Phi) is 2.16. The molecule has 0 radical (unpaired) electrons. The summed E-state index contributed by atoms with van der Waals surface area (Å²) in [4.78, 5) is 2.65. The van der Waals surface area contributed by atoms with E-state index in [0.29, 0.717) is 11.0 Å². The van der Waals surface area contributed by atoms with E-state index in [2.05, 4.69) is 18.7 Å². The van der Waals surface area contributed by atoms with E-state index >= 15 is 0 Å². The third-order valence-corrected chi connectivity index (χ3v) is 4.47. The molecule has 1 saturated carbocycles. The molecule has 0 amide bonds. The Morgan fingerprint density at radius 1 is 1.15 bits per heavy atom. The molecule has 1 aliphatic heterocycles. The second-order valence-corrected chi connectivity index (χ2v) is 5.31. The third kappa shape index (κ3) is 1.15. The molecule has 0 bridgehead atoms. The second kappa shape index (κ2) is 2.96. The highest BCUT2D eigenvalue weighted by Crippen LogP contribution is 2.53. The highest BCUT2D eigenvalue weighted by Gasteiger charge is 2.55. The lowest BCUT2D eigenvalue weighted by molar-refractivity contribution is -0.0831. The molecule has 0 aromatic carbocycles. The van der Waals surface area contributed by atoms with Crippen LogP contribution in [-0.2, 0) is 0 Å². The fourth-order valence-corrected chi connectivity index (χ4v) is 3.15. The SMILES string of the molecule is CC1(C)CCC1(CN)N1CCCC1. The maximum atomic E-state index is 5.98. The lowest BCUT2D eigenvalue weighted by atomic mass is 9.55. The molecule has 2 nitrogen and oxygen atoms in total. The highest BCUT2D eigenvalue weighted by molar-refractivity contribution is 5.11. The first kappa shape index (κ1) is 9.47. The van der Waals surface area contributed by atoms with Gasteiger partial charge in [-0.2, -0.15) is 0 Å². The van der Waals surface area contributed by atoms with Crippen LogP contribution in [0.4, 0.5) is 0 Å². The first-order valence-electron chi connectivity index (χ1n) is 5.57. The van der Waals surface area contributed by atoms with Gasteiger partial charge in [0.05, 0.1) is 0 Å². The standard InChI is InChI=1S/C11H22N2/c1-10(2)5-6-11(10,9-12)13-7-3-4-8-13/h3-9,12H2,1-2H3. The molecule has 0 aromatic heterocycles. The van der Waals surface area contributed by atoms with Crippen LogP contribution in [0.5, 0.6) is 0 Å². The van der Waals surface area contributed by atoms with Crippen LogP contribution < -0.4 is 5.73 Å². The molecule has 2 N–H and O–H groups in total. The Bertz CT molecular complexity index is 190. The van der Waals surface area contributed by atoms with Crippen LogP contribution in [0.2, 0.25) is 0 Å². The Labute approximate surface area is 81.5 Å². The van der Waals surface area contributed by atoms with Crippen molar-refractivity contribution >= 4 is 0 Å². The zero-order chi connectivity index (χ0) is 9.53. The van der Waals surface area contributed by atoms with Crippen molar-refractivity contribution in [2.45, 2.75) is 45.1 Å². The molecule has 2 heteroatoms. The van der Waals surface area contributed by atoms with Gasteiger partial charge < -0.3 is 5.73 Å². The quantitative estimate of drug-likeness (QED) is 0.703. The number of nitrogens with two attached hydrogens (primary N) is 1. The van der Waals surface area contributed by atoms with Crippen molar-refractivity contribution < 1.29 is 0 Å². The van der Waals surface area contributed by atoms with E-state index in [4.69, 9.17) is 5.73 Å². The van der Waals surface area contributed by atoms with Crippen molar-refractivity contribution in [3.8, 4) is 0 Å². The summed E-state index contributed by atoms with van der Waals surface area (Å²) in [6.45, 7) is 8.16. The summed E-state index contributed by atoms with van der Waals surface area (Å²) in [6.07, 6.45) is 5.41. The molecule has 1 unspecified atom stereocenters. The predicted octanol–water partition coefficient (Wildman–Crippen LogP) is 1.60. The normalized spacial score (nSPS) is 39.0. The zero-order valence-electron chi connectivity index (χ0n) is 8.97. The molecule has 1 aliphatic carbocycles. The topological polar surface area (TPSA) is 29.3 Å². The van der Waals surface area contributed by atoms with E-state index in [9.17, 15) is 0 Å². The molecule has 2 rings (SSSR count). The van der Waals surface area contributed by atoms with Crippen molar-refractivity contribution in [1.82, 2.24) is 4.90 Å². The summed E-state index contributed by atoms with van der Waals surface area (Å²) in [7, 11) is 0. The molecule has 13 heavy (non-hydrogen) atoms. The minimum absolute atomic E-state index is 0.351. The van der Waals surface area contributed by atoms with Crippen LogP contribution >= 0.6 is 0 Å². The lowest BCUT2D eigenvalue weighted by Gasteiger charge is -2.60. The summed E-state index contributed by atoms with van der Waals surface area (Å²) in [5.41, 5.74) is 6.78. The summed E-state index contributed by atoms with van der Waals surface area (Å²) in [6, 6.07) is 0. The van der Waals surface area contributed by atoms with Gasteiger partial charge in [0.15, 0.2) is 0 Å². The number of rotatable bonds is 2. The fraction of sp³-hybridized carbons (Fsp3) is 1.00. The van der Waals surface area contributed by atoms with E-state index < -0.39 is 0 Å². The molecule has 1 saturated heterocycles. The number of nitrogens with zero attached hydrogens (tertiary/aromatic N) is 1. The minimum atomic E-state index is 0.351. The highest BCUT2D eigenvalue weighted by atomic mass is 15.2. The van der Waals surface area contributed by atoms with Gasteiger partial charge in [-0.3, -0.25) is 4.90 Å². The van der Waals surface area contributed by atoms with Crippen LogP contribution in [0.15, 0.2) is 0 Å². The van der Waals surface area contributed by atoms with E-state index in [-0.39, 0.29) is 0 Å². The van der Waals surface area contributed by atoms with Crippen LogP contribution in [0.1, 0.15) is 39.5 Å². The van der Waals surface area contributed by atoms with Crippen LogP contribution in [0, 0.1) is 5.41 Å². The number of hydrogen-bond donors (Lipinski definition) is 1. The maximum Gasteiger partial charge on any atom is 0.0382 e. The number of hydrogen-bond acceptors (Lipinski definition) is 2. The molecule has 76 valence electrons. The summed E-state index contributed by atoms with van der Waals surface area (Å²) >= 11 is 0. The minimum Gasteiger partial charge on any atom is -0.329 e. The maximum absolute atomic E-state index is 5.98. The Hall–Kier alpha value is -0.0800. The Morgan fingerprint density at radius 3 is 2.08 bits per heavy atom. The van der Waals surface area contributed by atoms with Gasteiger partial charge in [-0.25, -0.2) is 0 Å². The van der Waals surface area contributed by atoms with Gasteiger partial charge in [0, 0.05) is 12.1 Å². The summed E-state index contributed by atoms with van der Waals surface area (Å²) in [5, 5.41) is 0. The molecule has 0 spiro atoms. The zero-order valence-corrected chi connectivity index (χ0v) is 8.97. The monoisotopic (exact) mass is 182 g/mol. The van der Waals surface area contributed by atoms with Gasteiger partial charge in [-0.15, -0.1) is 0 Å². The largest absolute Gasteiger partial charge is 0.329 e. The average molecular weight is 182 g/mol. The molecule has 1 heterocycles. The van der Waals surface area contributed by atoms with E-state index in [1.54, 1.807) is 0 Å². The molecule has 1 atom stereocenters. The van der Waals surface area contributed by atoms with Gasteiger partial charge in [0.1, 0.15) is 0 Å². The van der Waals surface area contributed by atoms with E-state index in [1.165, 1.54) is 38.8 Å². The first-order valence-corrected chi connectivity index (χ1v) is 5.57. The Balaban J connectivity index is 2.15. The van der Waals surface area contributed by atoms with Crippen molar-refractivity contribution in [2.75, 3.05) is 19.6 Å². The average Bonchev–Trinajstić information content (AvgIpc) is 2.58. The molecular weight excluding hydrogens is 160 g/mol. The van der Waals surface area contributed by atoms with Gasteiger partial charge in [0.2, 0.25) is 0 Å². The van der Waals surface area contributed by atoms with E-state index in [0.717, 1.165) is 6.54 Å². The van der Waals surface area contributed by atoms with Crippen LogP contribution in [-0.4, -0.2) is 30.1 Å². The smallest absolute Gasteiger partial charge is 0.0382 e. The fourth-order valence-electron chi connectivity index (χ4n) is 3.15. The van der Waals surface area contributed by atoms with Gasteiger partial charge in [0.25, 0.3) is 0 Å². The van der Waals surface area contributed by atoms with E-state index in [1.807, 2.05) is 0 Å². The van der Waals surface area contributed by atoms with Gasteiger partial charge >= 0.3 is 0 Å². The summed E-state index contributed by atoms with van der Waals surface area (Å²) in [5.74, 6) is 0. The van der Waals surface area contributed by atoms with Crippen LogP contribution in [0.25, 0.3) is 0 Å².